The second kappa shape index (κ2) is 6.66. The Morgan fingerprint density at radius 3 is 2.56 bits per heavy atom. The highest BCUT2D eigenvalue weighted by Crippen LogP contribution is 2.29. The van der Waals surface area contributed by atoms with E-state index >= 15 is 0 Å². The monoisotopic (exact) mass is 261 g/mol. The number of thioether (sulfide) groups is 1. The molecule has 2 rings (SSSR count). The van der Waals surface area contributed by atoms with Crippen LogP contribution in [0, 0.1) is 0 Å². The first-order valence-corrected chi connectivity index (χ1v) is 7.30. The Morgan fingerprint density at radius 2 is 2.00 bits per heavy atom. The van der Waals surface area contributed by atoms with Gasteiger partial charge in [-0.25, -0.2) is 0 Å². The maximum Gasteiger partial charge on any atom is 0.111 e. The third-order valence-corrected chi connectivity index (χ3v) is 3.83. The van der Waals surface area contributed by atoms with E-state index < -0.39 is 0 Å². The number of hydrogen-bond donors (Lipinski definition) is 1. The third-order valence-electron chi connectivity index (χ3n) is 2.94. The highest BCUT2D eigenvalue weighted by Gasteiger charge is 2.15. The van der Waals surface area contributed by atoms with Crippen molar-refractivity contribution in [3.8, 4) is 0 Å². The van der Waals surface area contributed by atoms with Crippen LogP contribution in [-0.2, 0) is 0 Å². The van der Waals surface area contributed by atoms with Gasteiger partial charge < -0.3 is 10.2 Å². The van der Waals surface area contributed by atoms with Crippen LogP contribution < -0.4 is 5.73 Å². The van der Waals surface area contributed by atoms with E-state index in [2.05, 4.69) is 31.2 Å². The standard InChI is InChI=1S/C15H19NOS/c1-2-18-13-7-5-12(6-8-13)14(9-10-16)15-4-3-11-17-15/h3-8,11,14H,2,9-10,16H2,1H3. The van der Waals surface area contributed by atoms with Crippen molar-refractivity contribution in [1.82, 2.24) is 0 Å². The van der Waals surface area contributed by atoms with E-state index in [1.807, 2.05) is 23.9 Å². The lowest BCUT2D eigenvalue weighted by Gasteiger charge is -2.14. The molecule has 2 N–H and O–H groups in total. The van der Waals surface area contributed by atoms with Crippen molar-refractivity contribution in [1.29, 1.82) is 0 Å². The summed E-state index contributed by atoms with van der Waals surface area (Å²) in [6, 6.07) is 12.7. The first-order chi connectivity index (χ1) is 8.85. The van der Waals surface area contributed by atoms with Gasteiger partial charge in [0.15, 0.2) is 0 Å². The molecule has 0 aliphatic carbocycles. The molecule has 0 aliphatic rings. The van der Waals surface area contributed by atoms with Crippen LogP contribution in [0.4, 0.5) is 0 Å². The molecule has 0 saturated carbocycles. The Morgan fingerprint density at radius 1 is 1.22 bits per heavy atom. The summed E-state index contributed by atoms with van der Waals surface area (Å²) in [5.41, 5.74) is 6.98. The zero-order valence-electron chi connectivity index (χ0n) is 10.6. The van der Waals surface area contributed by atoms with Gasteiger partial charge in [0.25, 0.3) is 0 Å². The van der Waals surface area contributed by atoms with E-state index in [-0.39, 0.29) is 5.92 Å². The quantitative estimate of drug-likeness (QED) is 0.802. The van der Waals surface area contributed by atoms with Gasteiger partial charge in [-0.15, -0.1) is 11.8 Å². The van der Waals surface area contributed by atoms with E-state index in [0.29, 0.717) is 6.54 Å². The second-order valence-electron chi connectivity index (χ2n) is 4.15. The smallest absolute Gasteiger partial charge is 0.111 e. The predicted molar refractivity (Wildman–Crippen MR) is 77.1 cm³/mol. The normalized spacial score (nSPS) is 12.6. The maximum atomic E-state index is 5.70. The molecule has 0 aliphatic heterocycles. The van der Waals surface area contributed by atoms with E-state index in [1.54, 1.807) is 6.26 Å². The van der Waals surface area contributed by atoms with Gasteiger partial charge >= 0.3 is 0 Å². The summed E-state index contributed by atoms with van der Waals surface area (Å²) >= 11 is 1.86. The predicted octanol–water partition coefficient (Wildman–Crippen LogP) is 3.87. The highest BCUT2D eigenvalue weighted by atomic mass is 32.2. The van der Waals surface area contributed by atoms with Crippen molar-refractivity contribution < 1.29 is 4.42 Å². The Hall–Kier alpha value is -1.19. The summed E-state index contributed by atoms with van der Waals surface area (Å²) in [4.78, 5) is 1.31. The minimum absolute atomic E-state index is 0.269. The van der Waals surface area contributed by atoms with Crippen LogP contribution in [0.2, 0.25) is 0 Å². The van der Waals surface area contributed by atoms with E-state index in [9.17, 15) is 0 Å². The van der Waals surface area contributed by atoms with Gasteiger partial charge in [-0.05, 0) is 48.5 Å². The van der Waals surface area contributed by atoms with Crippen molar-refractivity contribution in [3.05, 3.63) is 54.0 Å². The molecule has 1 aromatic carbocycles. The number of rotatable bonds is 6. The molecule has 0 saturated heterocycles. The van der Waals surface area contributed by atoms with E-state index in [4.69, 9.17) is 10.2 Å². The van der Waals surface area contributed by atoms with Crippen molar-refractivity contribution >= 4 is 11.8 Å². The van der Waals surface area contributed by atoms with Crippen LogP contribution in [0.1, 0.15) is 30.6 Å². The Labute approximate surface area is 113 Å². The maximum absolute atomic E-state index is 5.70. The van der Waals surface area contributed by atoms with Crippen LogP contribution in [0.25, 0.3) is 0 Å². The molecule has 0 spiro atoms. The second-order valence-corrected chi connectivity index (χ2v) is 5.48. The summed E-state index contributed by atoms with van der Waals surface area (Å²) < 4.78 is 5.52. The highest BCUT2D eigenvalue weighted by molar-refractivity contribution is 7.99. The first-order valence-electron chi connectivity index (χ1n) is 6.31. The summed E-state index contributed by atoms with van der Waals surface area (Å²) in [6.07, 6.45) is 2.63. The van der Waals surface area contributed by atoms with Gasteiger partial charge in [-0.1, -0.05) is 19.1 Å². The lowest BCUT2D eigenvalue weighted by molar-refractivity contribution is 0.476. The minimum atomic E-state index is 0.269. The van der Waals surface area contributed by atoms with Crippen LogP contribution in [0.5, 0.6) is 0 Å². The number of furan rings is 1. The molecule has 1 heterocycles. The average molecular weight is 261 g/mol. The summed E-state index contributed by atoms with van der Waals surface area (Å²) in [5.74, 6) is 2.37. The topological polar surface area (TPSA) is 39.2 Å². The van der Waals surface area contributed by atoms with Gasteiger partial charge in [-0.2, -0.15) is 0 Å². The SMILES string of the molecule is CCSc1ccc(C(CCN)c2ccco2)cc1. The van der Waals surface area contributed by atoms with Crippen molar-refractivity contribution in [2.24, 2.45) is 5.73 Å². The molecular weight excluding hydrogens is 242 g/mol. The number of hydrogen-bond acceptors (Lipinski definition) is 3. The van der Waals surface area contributed by atoms with Crippen LogP contribution >= 0.6 is 11.8 Å². The fourth-order valence-electron chi connectivity index (χ4n) is 2.09. The number of nitrogens with two attached hydrogens (primary N) is 1. The van der Waals surface area contributed by atoms with Crippen molar-refractivity contribution in [3.63, 3.8) is 0 Å². The molecule has 0 amide bonds. The van der Waals surface area contributed by atoms with Crippen LogP contribution in [-0.4, -0.2) is 12.3 Å². The molecule has 18 heavy (non-hydrogen) atoms. The Bertz CT molecular complexity index is 450. The molecular formula is C15H19NOS. The molecule has 3 heteroatoms. The summed E-state index contributed by atoms with van der Waals surface area (Å²) in [7, 11) is 0. The fourth-order valence-corrected chi connectivity index (χ4v) is 2.75. The zero-order chi connectivity index (χ0) is 12.8. The molecule has 96 valence electrons. The molecule has 0 bridgehead atoms. The molecule has 0 fully saturated rings. The molecule has 2 nitrogen and oxygen atoms in total. The zero-order valence-corrected chi connectivity index (χ0v) is 11.5. The Kier molecular flexibility index (Phi) is 4.90. The van der Waals surface area contributed by atoms with Crippen molar-refractivity contribution in [2.45, 2.75) is 24.2 Å². The van der Waals surface area contributed by atoms with Gasteiger partial charge in [0.05, 0.1) is 6.26 Å². The molecule has 0 radical (unpaired) electrons. The van der Waals surface area contributed by atoms with Crippen LogP contribution in [0.3, 0.4) is 0 Å². The van der Waals surface area contributed by atoms with Gasteiger partial charge in [0, 0.05) is 10.8 Å². The van der Waals surface area contributed by atoms with E-state index in [0.717, 1.165) is 17.9 Å². The molecule has 1 unspecified atom stereocenters. The lowest BCUT2D eigenvalue weighted by atomic mass is 9.93. The van der Waals surface area contributed by atoms with Gasteiger partial charge in [0.2, 0.25) is 0 Å². The third kappa shape index (κ3) is 3.18. The van der Waals surface area contributed by atoms with E-state index in [1.165, 1.54) is 10.5 Å². The fraction of sp³-hybridized carbons (Fsp3) is 0.333. The average Bonchev–Trinajstić information content (AvgIpc) is 2.91. The van der Waals surface area contributed by atoms with Gasteiger partial charge in [-0.3, -0.25) is 0 Å². The van der Waals surface area contributed by atoms with Crippen LogP contribution in [0.15, 0.2) is 52.0 Å². The molecule has 1 aromatic heterocycles. The Balaban J connectivity index is 2.20. The molecule has 1 atom stereocenters. The van der Waals surface area contributed by atoms with Gasteiger partial charge in [0.1, 0.15) is 5.76 Å². The summed E-state index contributed by atoms with van der Waals surface area (Å²) in [5, 5.41) is 0. The number of benzene rings is 1. The lowest BCUT2D eigenvalue weighted by Crippen LogP contribution is -2.08. The summed E-state index contributed by atoms with van der Waals surface area (Å²) in [6.45, 7) is 2.83. The first kappa shape index (κ1) is 13.2. The minimum Gasteiger partial charge on any atom is -0.469 e. The largest absolute Gasteiger partial charge is 0.469 e. The van der Waals surface area contributed by atoms with Crippen molar-refractivity contribution in [2.75, 3.05) is 12.3 Å². The molecule has 2 aromatic rings.